The molecule has 10 heteroatoms. The van der Waals surface area contributed by atoms with Crippen LogP contribution in [0.3, 0.4) is 0 Å². The van der Waals surface area contributed by atoms with Gasteiger partial charge >= 0.3 is 6.01 Å². The van der Waals surface area contributed by atoms with Gasteiger partial charge in [0.2, 0.25) is 0 Å². The van der Waals surface area contributed by atoms with Crippen molar-refractivity contribution in [3.63, 3.8) is 0 Å². The largest absolute Gasteiger partial charge is 0.461 e. The average molecular weight is 572 g/mol. The number of fused-ring (bicyclic) bond motifs is 5. The van der Waals surface area contributed by atoms with Crippen LogP contribution in [0.25, 0.3) is 32.9 Å². The van der Waals surface area contributed by atoms with Gasteiger partial charge in [0.15, 0.2) is 5.82 Å². The zero-order chi connectivity index (χ0) is 28.4. The van der Waals surface area contributed by atoms with Crippen molar-refractivity contribution in [2.75, 3.05) is 37.7 Å². The van der Waals surface area contributed by atoms with Gasteiger partial charge in [0, 0.05) is 67.7 Å². The van der Waals surface area contributed by atoms with Gasteiger partial charge in [-0.25, -0.2) is 8.78 Å². The van der Waals surface area contributed by atoms with E-state index in [0.717, 1.165) is 68.1 Å². The molecule has 8 nitrogen and oxygen atoms in total. The molecule has 0 amide bonds. The monoisotopic (exact) mass is 571 g/mol. The van der Waals surface area contributed by atoms with Gasteiger partial charge in [-0.2, -0.15) is 9.97 Å². The maximum Gasteiger partial charge on any atom is 0.319 e. The van der Waals surface area contributed by atoms with E-state index in [-0.39, 0.29) is 29.4 Å². The van der Waals surface area contributed by atoms with Crippen molar-refractivity contribution in [1.82, 2.24) is 30.2 Å². The zero-order valence-corrected chi connectivity index (χ0v) is 23.8. The van der Waals surface area contributed by atoms with E-state index in [0.29, 0.717) is 41.8 Å². The first-order valence-electron chi connectivity index (χ1n) is 15.3. The Kier molecular flexibility index (Phi) is 6.26. The molecule has 4 saturated heterocycles. The molecule has 218 valence electrons. The molecule has 2 bridgehead atoms. The molecule has 4 aromatic rings. The highest BCUT2D eigenvalue weighted by atomic mass is 19.1. The molecule has 4 atom stereocenters. The van der Waals surface area contributed by atoms with Gasteiger partial charge in [-0.1, -0.05) is 25.1 Å². The molecule has 4 fully saturated rings. The number of anilines is 1. The maximum absolute atomic E-state index is 16.7. The predicted octanol–water partition coefficient (Wildman–Crippen LogP) is 4.84. The molecular formula is C32H35F2N7O. The summed E-state index contributed by atoms with van der Waals surface area (Å²) >= 11 is 0. The Morgan fingerprint density at radius 2 is 1.95 bits per heavy atom. The van der Waals surface area contributed by atoms with Crippen molar-refractivity contribution >= 4 is 27.5 Å². The quantitative estimate of drug-likeness (QED) is 0.353. The van der Waals surface area contributed by atoms with Crippen LogP contribution >= 0.6 is 0 Å². The molecule has 0 aliphatic carbocycles. The molecule has 4 aliphatic rings. The van der Waals surface area contributed by atoms with Gasteiger partial charge in [-0.05, 0) is 49.6 Å². The van der Waals surface area contributed by atoms with E-state index in [9.17, 15) is 4.39 Å². The summed E-state index contributed by atoms with van der Waals surface area (Å²) in [6, 6.07) is 6.93. The minimum absolute atomic E-state index is 0.133. The number of rotatable bonds is 6. The van der Waals surface area contributed by atoms with Crippen molar-refractivity contribution in [2.45, 2.75) is 69.2 Å². The molecule has 8 rings (SSSR count). The number of hydrogen-bond acceptors (Lipinski definition) is 8. The highest BCUT2D eigenvalue weighted by Gasteiger charge is 2.49. The maximum atomic E-state index is 16.7. The van der Waals surface area contributed by atoms with E-state index in [4.69, 9.17) is 9.72 Å². The lowest BCUT2D eigenvalue weighted by Gasteiger charge is -2.34. The van der Waals surface area contributed by atoms with Crippen LogP contribution < -0.4 is 15.0 Å². The summed E-state index contributed by atoms with van der Waals surface area (Å²) in [7, 11) is 0. The topological polar surface area (TPSA) is 79.3 Å². The van der Waals surface area contributed by atoms with Gasteiger partial charge in [-0.3, -0.25) is 14.9 Å². The Morgan fingerprint density at radius 3 is 2.79 bits per heavy atom. The number of ether oxygens (including phenoxy) is 1. The minimum atomic E-state index is -0.855. The fourth-order valence-corrected chi connectivity index (χ4v) is 7.92. The second-order valence-electron chi connectivity index (χ2n) is 12.5. The Bertz CT molecular complexity index is 1670. The Labute approximate surface area is 243 Å². The normalized spacial score (nSPS) is 27.3. The van der Waals surface area contributed by atoms with Gasteiger partial charge < -0.3 is 15.0 Å². The number of aromatic nitrogens is 4. The molecule has 0 radical (unpaired) electrons. The summed E-state index contributed by atoms with van der Waals surface area (Å²) in [5.74, 6) is 0.136. The van der Waals surface area contributed by atoms with Gasteiger partial charge in [-0.15, -0.1) is 0 Å². The molecule has 0 saturated carbocycles. The van der Waals surface area contributed by atoms with Crippen LogP contribution in [-0.4, -0.2) is 81.4 Å². The third-order valence-corrected chi connectivity index (χ3v) is 9.90. The fraction of sp³-hybridized carbons (Fsp3) is 0.500. The molecule has 0 spiro atoms. The van der Waals surface area contributed by atoms with Crippen molar-refractivity contribution in [2.24, 2.45) is 0 Å². The van der Waals surface area contributed by atoms with Gasteiger partial charge in [0.05, 0.1) is 10.9 Å². The molecule has 4 aliphatic heterocycles. The zero-order valence-electron chi connectivity index (χ0n) is 23.8. The third-order valence-electron chi connectivity index (χ3n) is 9.90. The molecule has 3 aromatic heterocycles. The second kappa shape index (κ2) is 10.1. The molecule has 2 unspecified atom stereocenters. The van der Waals surface area contributed by atoms with E-state index in [2.05, 4.69) is 43.1 Å². The standard InChI is InChI=1S/C32H35F2N7O/c1-2-19-5-3-6-20-12-35-13-24(26(19)20)28-27(34)29-25(14-36-28)30(40-16-22-7-8-23(17-40)37-22)39-31(38-29)42-18-32-9-4-10-41(32)15-21(33)11-32/h3,5-6,12-14,21-23,37H,2,4,7-11,15-18H2,1H3/t21-,22?,23?,32+/m0/s1. The van der Waals surface area contributed by atoms with E-state index >= 15 is 4.39 Å². The molecular weight excluding hydrogens is 536 g/mol. The number of nitrogens with zero attached hydrogens (tertiary/aromatic N) is 6. The minimum Gasteiger partial charge on any atom is -0.461 e. The summed E-state index contributed by atoms with van der Waals surface area (Å²) < 4.78 is 37.4. The van der Waals surface area contributed by atoms with Crippen LogP contribution in [0, 0.1) is 5.82 Å². The highest BCUT2D eigenvalue weighted by molar-refractivity contribution is 6.00. The Balaban J connectivity index is 1.25. The summed E-state index contributed by atoms with van der Waals surface area (Å²) in [6.07, 6.45) is 9.71. The SMILES string of the molecule is CCc1cccc2cncc(-c3ncc4c(N5CC6CCC(C5)N6)nc(OC[C@]56CCCN5C[C@@H](F)C6)nc4c3F)c12. The van der Waals surface area contributed by atoms with Crippen molar-refractivity contribution in [3.05, 3.63) is 48.2 Å². The summed E-state index contributed by atoms with van der Waals surface area (Å²) in [5, 5.41) is 6.12. The van der Waals surface area contributed by atoms with Crippen LogP contribution in [0.2, 0.25) is 0 Å². The Morgan fingerprint density at radius 1 is 1.10 bits per heavy atom. The highest BCUT2D eigenvalue weighted by Crippen LogP contribution is 2.41. The van der Waals surface area contributed by atoms with E-state index in [1.807, 2.05) is 12.1 Å². The van der Waals surface area contributed by atoms with Crippen molar-refractivity contribution in [1.29, 1.82) is 0 Å². The lowest BCUT2D eigenvalue weighted by molar-refractivity contribution is 0.107. The van der Waals surface area contributed by atoms with E-state index < -0.39 is 12.0 Å². The summed E-state index contributed by atoms with van der Waals surface area (Å²) in [5.41, 5.74) is 1.81. The van der Waals surface area contributed by atoms with E-state index in [1.54, 1.807) is 18.6 Å². The van der Waals surface area contributed by atoms with Crippen molar-refractivity contribution < 1.29 is 13.5 Å². The predicted molar refractivity (Wildman–Crippen MR) is 158 cm³/mol. The molecule has 42 heavy (non-hydrogen) atoms. The summed E-state index contributed by atoms with van der Waals surface area (Å²) in [6.45, 7) is 5.25. The van der Waals surface area contributed by atoms with Gasteiger partial charge in [0.25, 0.3) is 0 Å². The molecule has 1 N–H and O–H groups in total. The first-order valence-corrected chi connectivity index (χ1v) is 15.3. The average Bonchev–Trinajstić information content (AvgIpc) is 3.65. The first kappa shape index (κ1) is 26.2. The lowest BCUT2D eigenvalue weighted by atomic mass is 9.95. The van der Waals surface area contributed by atoms with Crippen molar-refractivity contribution in [3.8, 4) is 17.3 Å². The van der Waals surface area contributed by atoms with Crippen LogP contribution in [0.4, 0.5) is 14.6 Å². The van der Waals surface area contributed by atoms with E-state index in [1.165, 1.54) is 0 Å². The number of alkyl halides is 1. The Hall–Kier alpha value is -3.50. The smallest absolute Gasteiger partial charge is 0.319 e. The second-order valence-corrected chi connectivity index (χ2v) is 12.5. The number of aryl methyl sites for hydroxylation is 1. The first-order chi connectivity index (χ1) is 20.5. The van der Waals surface area contributed by atoms with Crippen LogP contribution in [0.5, 0.6) is 6.01 Å². The van der Waals surface area contributed by atoms with Crippen LogP contribution in [-0.2, 0) is 6.42 Å². The number of piperazine rings is 1. The number of pyridine rings is 2. The number of halogens is 2. The molecule has 1 aromatic carbocycles. The molecule has 7 heterocycles. The fourth-order valence-electron chi connectivity index (χ4n) is 7.92. The van der Waals surface area contributed by atoms with Crippen LogP contribution in [0.15, 0.2) is 36.8 Å². The number of benzene rings is 1. The number of hydrogen-bond donors (Lipinski definition) is 1. The third kappa shape index (κ3) is 4.21. The summed E-state index contributed by atoms with van der Waals surface area (Å²) in [4.78, 5) is 23.0. The van der Waals surface area contributed by atoms with Gasteiger partial charge in [0.1, 0.15) is 29.8 Å². The lowest BCUT2D eigenvalue weighted by Crippen LogP contribution is -2.51. The van der Waals surface area contributed by atoms with Crippen LogP contribution in [0.1, 0.15) is 44.6 Å². The number of nitrogens with one attached hydrogen (secondary N) is 1.